The number of anilines is 2. The van der Waals surface area contributed by atoms with E-state index in [4.69, 9.17) is 47.0 Å². The van der Waals surface area contributed by atoms with Gasteiger partial charge in [0, 0.05) is 41.9 Å². The number of nitrogens with zero attached hydrogens (tertiary/aromatic N) is 2. The van der Waals surface area contributed by atoms with E-state index >= 15 is 0 Å². The van der Waals surface area contributed by atoms with Crippen LogP contribution in [0.4, 0.5) is 11.4 Å². The predicted molar refractivity (Wildman–Crippen MR) is 108 cm³/mol. The summed E-state index contributed by atoms with van der Waals surface area (Å²) >= 11 is 23.6. The molecule has 1 fully saturated rings. The lowest BCUT2D eigenvalue weighted by Crippen LogP contribution is -2.50. The van der Waals surface area contributed by atoms with Crippen molar-refractivity contribution in [3.63, 3.8) is 0 Å². The Hall–Kier alpha value is -1.20. The van der Waals surface area contributed by atoms with Crippen molar-refractivity contribution < 1.29 is 0 Å². The molecule has 0 aromatic heterocycles. The van der Waals surface area contributed by atoms with Gasteiger partial charge in [-0.2, -0.15) is 0 Å². The van der Waals surface area contributed by atoms with E-state index in [0.717, 1.165) is 36.9 Å². The van der Waals surface area contributed by atoms with E-state index in [1.165, 1.54) is 5.69 Å². The SMILES string of the molecule is S=C(Nc1cc(Cl)ccc1Cl)N1CCN(c2ccc(Cl)cc2)CC1. The summed E-state index contributed by atoms with van der Waals surface area (Å²) in [7, 11) is 0. The van der Waals surface area contributed by atoms with E-state index in [-0.39, 0.29) is 0 Å². The van der Waals surface area contributed by atoms with Crippen LogP contribution in [0.25, 0.3) is 0 Å². The van der Waals surface area contributed by atoms with Crippen LogP contribution in [0.15, 0.2) is 42.5 Å². The average Bonchev–Trinajstić information content (AvgIpc) is 2.59. The van der Waals surface area contributed by atoms with Gasteiger partial charge in [-0.15, -0.1) is 0 Å². The smallest absolute Gasteiger partial charge is 0.173 e. The Bertz CT molecular complexity index is 728. The van der Waals surface area contributed by atoms with Crippen molar-refractivity contribution in [2.24, 2.45) is 0 Å². The molecule has 3 rings (SSSR count). The molecule has 1 heterocycles. The topological polar surface area (TPSA) is 18.5 Å². The van der Waals surface area contributed by atoms with Crippen LogP contribution in [0.1, 0.15) is 0 Å². The number of benzene rings is 2. The summed E-state index contributed by atoms with van der Waals surface area (Å²) < 4.78 is 0. The zero-order valence-electron chi connectivity index (χ0n) is 12.8. The first-order chi connectivity index (χ1) is 11.5. The summed E-state index contributed by atoms with van der Waals surface area (Å²) in [5.74, 6) is 0. The van der Waals surface area contributed by atoms with Crippen LogP contribution in [-0.2, 0) is 0 Å². The molecule has 1 N–H and O–H groups in total. The maximum Gasteiger partial charge on any atom is 0.173 e. The molecule has 2 aromatic carbocycles. The highest BCUT2D eigenvalue weighted by Gasteiger charge is 2.19. The van der Waals surface area contributed by atoms with Gasteiger partial charge in [-0.1, -0.05) is 34.8 Å². The Morgan fingerprint density at radius 2 is 1.50 bits per heavy atom. The van der Waals surface area contributed by atoms with Gasteiger partial charge in [0.2, 0.25) is 0 Å². The van der Waals surface area contributed by atoms with Crippen LogP contribution in [0, 0.1) is 0 Å². The molecule has 1 aliphatic heterocycles. The van der Waals surface area contributed by atoms with Gasteiger partial charge >= 0.3 is 0 Å². The van der Waals surface area contributed by atoms with Crippen molar-refractivity contribution in [3.05, 3.63) is 57.5 Å². The van der Waals surface area contributed by atoms with E-state index < -0.39 is 0 Å². The minimum absolute atomic E-state index is 0.599. The zero-order valence-corrected chi connectivity index (χ0v) is 15.9. The van der Waals surface area contributed by atoms with E-state index in [9.17, 15) is 0 Å². The van der Waals surface area contributed by atoms with Crippen molar-refractivity contribution >= 4 is 63.5 Å². The number of hydrogen-bond acceptors (Lipinski definition) is 2. The number of hydrogen-bond donors (Lipinski definition) is 1. The molecule has 0 saturated carbocycles. The molecule has 0 bridgehead atoms. The second kappa shape index (κ2) is 7.79. The Morgan fingerprint density at radius 1 is 0.875 bits per heavy atom. The molecule has 0 radical (unpaired) electrons. The van der Waals surface area contributed by atoms with Crippen molar-refractivity contribution in [2.45, 2.75) is 0 Å². The minimum atomic E-state index is 0.599. The molecule has 0 spiro atoms. The van der Waals surface area contributed by atoms with Gasteiger partial charge in [0.1, 0.15) is 0 Å². The number of halogens is 3. The Balaban J connectivity index is 1.59. The van der Waals surface area contributed by atoms with Crippen molar-refractivity contribution in [1.82, 2.24) is 4.90 Å². The fourth-order valence-corrected chi connectivity index (χ4v) is 3.36. The van der Waals surface area contributed by atoms with Crippen molar-refractivity contribution in [1.29, 1.82) is 0 Å². The van der Waals surface area contributed by atoms with E-state index in [1.807, 2.05) is 24.3 Å². The highest BCUT2D eigenvalue weighted by Crippen LogP contribution is 2.26. The third kappa shape index (κ3) is 4.25. The highest BCUT2D eigenvalue weighted by molar-refractivity contribution is 7.80. The van der Waals surface area contributed by atoms with Gasteiger partial charge < -0.3 is 15.1 Å². The molecule has 0 unspecified atom stereocenters. The molecular formula is C17H16Cl3N3S. The van der Waals surface area contributed by atoms with Crippen LogP contribution in [0.3, 0.4) is 0 Å². The number of piperazine rings is 1. The van der Waals surface area contributed by atoms with Gasteiger partial charge in [-0.05, 0) is 54.7 Å². The predicted octanol–water partition coefficient (Wildman–Crippen LogP) is 5.17. The van der Waals surface area contributed by atoms with Crippen molar-refractivity contribution in [2.75, 3.05) is 36.4 Å². The molecule has 126 valence electrons. The Labute approximate surface area is 162 Å². The summed E-state index contributed by atoms with van der Waals surface area (Å²) in [6.45, 7) is 3.47. The third-order valence-corrected chi connectivity index (χ3v) is 5.11. The van der Waals surface area contributed by atoms with E-state index in [2.05, 4.69) is 15.1 Å². The van der Waals surface area contributed by atoms with Crippen LogP contribution in [-0.4, -0.2) is 36.2 Å². The average molecular weight is 401 g/mol. The maximum atomic E-state index is 6.18. The second-order valence-electron chi connectivity index (χ2n) is 5.50. The standard InChI is InChI=1S/C17H16Cl3N3S/c18-12-1-4-14(5-2-12)22-7-9-23(10-8-22)17(24)21-16-11-13(19)3-6-15(16)20/h1-6,11H,7-10H2,(H,21,24). The summed E-state index contributed by atoms with van der Waals surface area (Å²) in [6.07, 6.45) is 0. The fraction of sp³-hybridized carbons (Fsp3) is 0.235. The molecule has 2 aromatic rings. The molecule has 3 nitrogen and oxygen atoms in total. The van der Waals surface area contributed by atoms with Gasteiger partial charge in [-0.25, -0.2) is 0 Å². The van der Waals surface area contributed by atoms with E-state index in [0.29, 0.717) is 15.2 Å². The number of nitrogens with one attached hydrogen (secondary N) is 1. The van der Waals surface area contributed by atoms with Crippen LogP contribution in [0.5, 0.6) is 0 Å². The lowest BCUT2D eigenvalue weighted by Gasteiger charge is -2.37. The van der Waals surface area contributed by atoms with Gasteiger partial charge in [0.25, 0.3) is 0 Å². The lowest BCUT2D eigenvalue weighted by molar-refractivity contribution is 0.391. The molecule has 0 aliphatic carbocycles. The summed E-state index contributed by atoms with van der Waals surface area (Å²) in [5, 5.41) is 5.82. The number of thiocarbonyl (C=S) groups is 1. The van der Waals surface area contributed by atoms with Gasteiger partial charge in [-0.3, -0.25) is 0 Å². The first-order valence-electron chi connectivity index (χ1n) is 7.54. The first-order valence-corrected chi connectivity index (χ1v) is 9.08. The molecule has 1 saturated heterocycles. The second-order valence-corrected chi connectivity index (χ2v) is 7.17. The maximum absolute atomic E-state index is 6.18. The number of rotatable bonds is 2. The molecule has 0 amide bonds. The molecular weight excluding hydrogens is 385 g/mol. The quantitative estimate of drug-likeness (QED) is 0.701. The first kappa shape index (κ1) is 17.6. The lowest BCUT2D eigenvalue weighted by atomic mass is 10.2. The fourth-order valence-electron chi connectivity index (χ4n) is 2.61. The normalized spacial score (nSPS) is 14.6. The molecule has 0 atom stereocenters. The summed E-state index contributed by atoms with van der Waals surface area (Å²) in [5.41, 5.74) is 1.91. The summed E-state index contributed by atoms with van der Waals surface area (Å²) in [6, 6.07) is 13.2. The van der Waals surface area contributed by atoms with Crippen LogP contribution < -0.4 is 10.2 Å². The molecule has 1 aliphatic rings. The monoisotopic (exact) mass is 399 g/mol. The zero-order chi connectivity index (χ0) is 17.1. The molecule has 24 heavy (non-hydrogen) atoms. The van der Waals surface area contributed by atoms with E-state index in [1.54, 1.807) is 18.2 Å². The third-order valence-electron chi connectivity index (χ3n) is 3.93. The van der Waals surface area contributed by atoms with Gasteiger partial charge in [0.15, 0.2) is 5.11 Å². The highest BCUT2D eigenvalue weighted by atomic mass is 35.5. The largest absolute Gasteiger partial charge is 0.368 e. The van der Waals surface area contributed by atoms with Gasteiger partial charge in [0.05, 0.1) is 10.7 Å². The van der Waals surface area contributed by atoms with Crippen LogP contribution >= 0.6 is 47.0 Å². The Morgan fingerprint density at radius 3 is 2.17 bits per heavy atom. The van der Waals surface area contributed by atoms with Crippen LogP contribution in [0.2, 0.25) is 15.1 Å². The van der Waals surface area contributed by atoms with Crippen molar-refractivity contribution in [3.8, 4) is 0 Å². The minimum Gasteiger partial charge on any atom is -0.368 e. The summed E-state index contributed by atoms with van der Waals surface area (Å²) in [4.78, 5) is 4.46. The Kier molecular flexibility index (Phi) is 5.72. The molecule has 7 heteroatoms.